The Labute approximate surface area is 184 Å². The van der Waals surface area contributed by atoms with Crippen molar-refractivity contribution in [2.45, 2.75) is 32.6 Å². The molecule has 148 valence electrons. The molecule has 3 rings (SSSR count). The molecule has 1 aliphatic rings. The molecule has 4 heteroatoms. The lowest BCUT2D eigenvalue weighted by Gasteiger charge is -2.35. The predicted octanol–water partition coefficient (Wildman–Crippen LogP) is 7.07. The number of halogens is 1. The van der Waals surface area contributed by atoms with Crippen LogP contribution >= 0.6 is 30.1 Å². The fourth-order valence-corrected chi connectivity index (χ4v) is 4.84. The number of phenolic OH excluding ortho intramolecular Hbond substituents is 1. The molecule has 28 heavy (non-hydrogen) atoms. The Bertz CT molecular complexity index is 842. The Morgan fingerprint density at radius 2 is 2.00 bits per heavy atom. The van der Waals surface area contributed by atoms with Gasteiger partial charge in [-0.2, -0.15) is 0 Å². The van der Waals surface area contributed by atoms with Gasteiger partial charge < -0.3 is 9.84 Å². The summed E-state index contributed by atoms with van der Waals surface area (Å²) in [6.07, 6.45) is 8.77. The molecule has 1 aliphatic carbocycles. The summed E-state index contributed by atoms with van der Waals surface area (Å²) >= 11 is 2.30. The molecule has 2 aromatic carbocycles. The van der Waals surface area contributed by atoms with Crippen LogP contribution in [0.5, 0.6) is 11.5 Å². The summed E-state index contributed by atoms with van der Waals surface area (Å²) in [4.78, 5) is 0. The predicted molar refractivity (Wildman–Crippen MR) is 129 cm³/mol. The molecule has 0 radical (unpaired) electrons. The summed E-state index contributed by atoms with van der Waals surface area (Å²) in [6, 6.07) is 14.3. The molecule has 0 saturated heterocycles. The van der Waals surface area contributed by atoms with E-state index in [0.29, 0.717) is 11.7 Å². The summed E-state index contributed by atoms with van der Waals surface area (Å²) < 4.78 is 5.92. The standard InChI is InChI=1S/C24H27IO2S/c1-3-5-17(4-2)22-12-8-19-16-21(27-14-15-28-25)11-13-23(19)24(22)18-6-9-20(26)10-7-18/h3-7,9-11,13,16,22,24,26H,8,12,14-15H2,1-2H3/b5-3-,17-4+. The number of phenols is 1. The highest BCUT2D eigenvalue weighted by atomic mass is 127. The first kappa shape index (κ1) is 21.3. The highest BCUT2D eigenvalue weighted by molar-refractivity contribution is 14.2. The Kier molecular flexibility index (Phi) is 7.91. The maximum atomic E-state index is 9.75. The Morgan fingerprint density at radius 1 is 1.21 bits per heavy atom. The van der Waals surface area contributed by atoms with Gasteiger partial charge in [-0.1, -0.05) is 45.4 Å². The van der Waals surface area contributed by atoms with Gasteiger partial charge in [0.2, 0.25) is 0 Å². The number of allylic oxidation sites excluding steroid dienone is 4. The van der Waals surface area contributed by atoms with E-state index in [1.807, 2.05) is 0 Å². The van der Waals surface area contributed by atoms with Crippen LogP contribution < -0.4 is 4.74 Å². The molecule has 1 N–H and O–H groups in total. The number of rotatable bonds is 7. The molecule has 2 unspecified atom stereocenters. The molecule has 0 bridgehead atoms. The van der Waals surface area contributed by atoms with E-state index < -0.39 is 0 Å². The van der Waals surface area contributed by atoms with Gasteiger partial charge in [-0.05, 0) is 100 Å². The molecule has 0 aromatic heterocycles. The molecule has 0 heterocycles. The van der Waals surface area contributed by atoms with Crippen LogP contribution in [0.15, 0.2) is 66.3 Å². The topological polar surface area (TPSA) is 29.5 Å². The first-order valence-corrected chi connectivity index (χ1v) is 13.3. The van der Waals surface area contributed by atoms with Gasteiger partial charge in [0.1, 0.15) is 11.5 Å². The lowest BCUT2D eigenvalue weighted by Crippen LogP contribution is -2.23. The summed E-state index contributed by atoms with van der Waals surface area (Å²) in [6.45, 7) is 4.94. The molecule has 0 fully saturated rings. The second kappa shape index (κ2) is 10.4. The highest BCUT2D eigenvalue weighted by Crippen LogP contribution is 2.45. The van der Waals surface area contributed by atoms with E-state index in [1.165, 1.54) is 22.3 Å². The molecule has 2 atom stereocenters. The average molecular weight is 506 g/mol. The Balaban J connectivity index is 2.00. The number of benzene rings is 2. The van der Waals surface area contributed by atoms with Crippen LogP contribution in [0.4, 0.5) is 0 Å². The zero-order chi connectivity index (χ0) is 19.9. The SMILES string of the molecule is C/C=C\C(=C/C)C1CCc2cc(OCCSI)ccc2C1c1ccc(O)cc1. The summed E-state index contributed by atoms with van der Waals surface area (Å²) in [7, 11) is 1.77. The smallest absolute Gasteiger partial charge is 0.119 e. The molecule has 0 amide bonds. The summed E-state index contributed by atoms with van der Waals surface area (Å²) in [5.41, 5.74) is 5.39. The number of aryl methyl sites for hydroxylation is 1. The van der Waals surface area contributed by atoms with Crippen LogP contribution in [0.2, 0.25) is 0 Å². The fourth-order valence-electron chi connectivity index (χ4n) is 4.16. The third kappa shape index (κ3) is 4.95. The second-order valence-corrected chi connectivity index (χ2v) is 9.52. The highest BCUT2D eigenvalue weighted by Gasteiger charge is 2.32. The lowest BCUT2D eigenvalue weighted by atomic mass is 9.69. The van der Waals surface area contributed by atoms with Gasteiger partial charge in [0.25, 0.3) is 0 Å². The molecular formula is C24H27IO2S. The van der Waals surface area contributed by atoms with Crippen LogP contribution in [0, 0.1) is 5.92 Å². The number of aromatic hydroxyl groups is 1. The van der Waals surface area contributed by atoms with Gasteiger partial charge in [0.15, 0.2) is 0 Å². The van der Waals surface area contributed by atoms with Crippen LogP contribution in [0.25, 0.3) is 0 Å². The van der Waals surface area contributed by atoms with E-state index in [1.54, 1.807) is 21.1 Å². The van der Waals surface area contributed by atoms with Crippen molar-refractivity contribution in [1.82, 2.24) is 0 Å². The largest absolute Gasteiger partial charge is 0.508 e. The minimum atomic E-state index is 0.283. The first-order chi connectivity index (χ1) is 13.7. The van der Waals surface area contributed by atoms with Crippen molar-refractivity contribution in [3.63, 3.8) is 0 Å². The molecule has 0 spiro atoms. The van der Waals surface area contributed by atoms with Crippen LogP contribution in [0.3, 0.4) is 0 Å². The Morgan fingerprint density at radius 3 is 2.68 bits per heavy atom. The zero-order valence-electron chi connectivity index (χ0n) is 16.4. The van der Waals surface area contributed by atoms with Crippen molar-refractivity contribution >= 4 is 30.1 Å². The summed E-state index contributed by atoms with van der Waals surface area (Å²) in [5, 5.41) is 9.75. The maximum Gasteiger partial charge on any atom is 0.119 e. The van der Waals surface area contributed by atoms with Crippen molar-refractivity contribution in [1.29, 1.82) is 0 Å². The van der Waals surface area contributed by atoms with E-state index >= 15 is 0 Å². The molecule has 2 aromatic rings. The van der Waals surface area contributed by atoms with E-state index in [-0.39, 0.29) is 5.92 Å². The Hall–Kier alpha value is -1.40. The third-order valence-corrected chi connectivity index (χ3v) is 7.02. The quantitative estimate of drug-likeness (QED) is 0.248. The lowest BCUT2D eigenvalue weighted by molar-refractivity contribution is 0.343. The van der Waals surface area contributed by atoms with Gasteiger partial charge in [0.05, 0.1) is 6.61 Å². The van der Waals surface area contributed by atoms with Crippen molar-refractivity contribution < 1.29 is 9.84 Å². The molecular weight excluding hydrogens is 479 g/mol. The van der Waals surface area contributed by atoms with Gasteiger partial charge in [-0.25, -0.2) is 0 Å². The summed E-state index contributed by atoms with van der Waals surface area (Å²) in [5.74, 6) is 2.98. The monoisotopic (exact) mass is 506 g/mol. The van der Waals surface area contributed by atoms with Gasteiger partial charge >= 0.3 is 0 Å². The maximum absolute atomic E-state index is 9.75. The van der Waals surface area contributed by atoms with Crippen LogP contribution in [-0.2, 0) is 6.42 Å². The second-order valence-electron chi connectivity index (χ2n) is 7.03. The van der Waals surface area contributed by atoms with E-state index in [9.17, 15) is 5.11 Å². The molecule has 0 saturated carbocycles. The first-order valence-electron chi connectivity index (χ1n) is 9.75. The number of ether oxygens (including phenoxy) is 1. The fraction of sp³-hybridized carbons (Fsp3) is 0.333. The normalized spacial score (nSPS) is 19.6. The van der Waals surface area contributed by atoms with Gasteiger partial charge in [-0.15, -0.1) is 0 Å². The van der Waals surface area contributed by atoms with Crippen molar-refractivity contribution in [3.05, 3.63) is 83.0 Å². The van der Waals surface area contributed by atoms with Crippen molar-refractivity contribution in [2.24, 2.45) is 5.92 Å². The van der Waals surface area contributed by atoms with E-state index in [2.05, 4.69) is 83.6 Å². The van der Waals surface area contributed by atoms with Crippen molar-refractivity contribution in [3.8, 4) is 11.5 Å². The number of hydrogen-bond acceptors (Lipinski definition) is 3. The van der Waals surface area contributed by atoms with Gasteiger partial charge in [-0.3, -0.25) is 0 Å². The van der Waals surface area contributed by atoms with E-state index in [4.69, 9.17) is 4.74 Å². The minimum absolute atomic E-state index is 0.283. The number of fused-ring (bicyclic) bond motifs is 1. The molecule has 2 nitrogen and oxygen atoms in total. The van der Waals surface area contributed by atoms with Crippen LogP contribution in [0.1, 0.15) is 42.9 Å². The van der Waals surface area contributed by atoms with E-state index in [0.717, 1.165) is 31.0 Å². The number of hydrogen-bond donors (Lipinski definition) is 1. The zero-order valence-corrected chi connectivity index (χ0v) is 19.4. The van der Waals surface area contributed by atoms with Crippen molar-refractivity contribution in [2.75, 3.05) is 12.4 Å². The molecule has 0 aliphatic heterocycles. The van der Waals surface area contributed by atoms with Crippen LogP contribution in [-0.4, -0.2) is 17.5 Å². The third-order valence-electron chi connectivity index (χ3n) is 5.38. The minimum Gasteiger partial charge on any atom is -0.508 e. The average Bonchev–Trinajstić information content (AvgIpc) is 2.72. The van der Waals surface area contributed by atoms with Gasteiger partial charge in [0, 0.05) is 11.7 Å².